The third kappa shape index (κ3) is 3.15. The van der Waals surface area contributed by atoms with Gasteiger partial charge in [0.15, 0.2) is 0 Å². The van der Waals surface area contributed by atoms with Gasteiger partial charge >= 0.3 is 0 Å². The molecule has 2 rings (SSSR count). The summed E-state index contributed by atoms with van der Waals surface area (Å²) >= 11 is 3.39. The number of aryl methyl sites for hydroxylation is 1. The van der Waals surface area contributed by atoms with Crippen molar-refractivity contribution in [3.63, 3.8) is 0 Å². The number of aromatic nitrogens is 2. The van der Waals surface area contributed by atoms with Crippen LogP contribution in [0, 0.1) is 6.92 Å². The molecule has 88 valence electrons. The van der Waals surface area contributed by atoms with Gasteiger partial charge in [-0.1, -0.05) is 15.9 Å². The second-order valence-corrected chi connectivity index (χ2v) is 4.41. The van der Waals surface area contributed by atoms with Crippen molar-refractivity contribution >= 4 is 33.4 Å². The molecule has 17 heavy (non-hydrogen) atoms. The van der Waals surface area contributed by atoms with E-state index in [0.29, 0.717) is 11.8 Å². The molecular formula is C11H12BrN5. The Kier molecular flexibility index (Phi) is 3.55. The molecule has 0 spiro atoms. The highest BCUT2D eigenvalue weighted by Crippen LogP contribution is 2.18. The molecule has 0 bridgehead atoms. The number of benzene rings is 1. The van der Waals surface area contributed by atoms with E-state index < -0.39 is 0 Å². The predicted octanol–water partition coefficient (Wildman–Crippen LogP) is 2.58. The van der Waals surface area contributed by atoms with E-state index in [1.807, 2.05) is 37.3 Å². The van der Waals surface area contributed by atoms with Crippen LogP contribution in [-0.4, -0.2) is 9.97 Å². The van der Waals surface area contributed by atoms with E-state index in [9.17, 15) is 0 Å². The molecule has 0 saturated carbocycles. The average Bonchev–Trinajstić information content (AvgIpc) is 2.31. The Morgan fingerprint density at radius 3 is 2.53 bits per heavy atom. The van der Waals surface area contributed by atoms with Gasteiger partial charge in [0.05, 0.1) is 0 Å². The average molecular weight is 294 g/mol. The monoisotopic (exact) mass is 293 g/mol. The van der Waals surface area contributed by atoms with E-state index in [1.54, 1.807) is 0 Å². The highest BCUT2D eigenvalue weighted by Gasteiger charge is 2.01. The molecular weight excluding hydrogens is 282 g/mol. The van der Waals surface area contributed by atoms with Gasteiger partial charge in [0, 0.05) is 21.9 Å². The molecule has 5 nitrogen and oxygen atoms in total. The van der Waals surface area contributed by atoms with Gasteiger partial charge in [-0.25, -0.2) is 10.8 Å². The van der Waals surface area contributed by atoms with Crippen LogP contribution in [0.15, 0.2) is 34.8 Å². The Bertz CT molecular complexity index is 512. The Labute approximate surface area is 108 Å². The fourth-order valence-corrected chi connectivity index (χ4v) is 1.64. The fraction of sp³-hybridized carbons (Fsp3) is 0.0909. The quantitative estimate of drug-likeness (QED) is 0.599. The van der Waals surface area contributed by atoms with Gasteiger partial charge in [0.1, 0.15) is 5.82 Å². The number of nitrogens with two attached hydrogens (primary N) is 1. The molecule has 0 fully saturated rings. The summed E-state index contributed by atoms with van der Waals surface area (Å²) in [5, 5.41) is 3.18. The Balaban J connectivity index is 2.23. The van der Waals surface area contributed by atoms with Crippen LogP contribution in [0.4, 0.5) is 17.5 Å². The number of halogens is 1. The SMILES string of the molecule is Cc1cc(Nc2ccc(Br)cc2)nc(NN)n1. The maximum absolute atomic E-state index is 5.29. The van der Waals surface area contributed by atoms with Crippen molar-refractivity contribution in [1.82, 2.24) is 9.97 Å². The van der Waals surface area contributed by atoms with E-state index in [-0.39, 0.29) is 0 Å². The third-order valence-electron chi connectivity index (χ3n) is 2.10. The van der Waals surface area contributed by atoms with Crippen molar-refractivity contribution in [2.75, 3.05) is 10.7 Å². The lowest BCUT2D eigenvalue weighted by molar-refractivity contribution is 1.07. The maximum Gasteiger partial charge on any atom is 0.239 e. The molecule has 0 radical (unpaired) electrons. The number of nitrogens with zero attached hydrogens (tertiary/aromatic N) is 2. The first-order valence-corrected chi connectivity index (χ1v) is 5.81. The lowest BCUT2D eigenvalue weighted by Gasteiger charge is -2.08. The Morgan fingerprint density at radius 2 is 1.88 bits per heavy atom. The van der Waals surface area contributed by atoms with E-state index in [0.717, 1.165) is 15.9 Å². The predicted molar refractivity (Wildman–Crippen MR) is 72.0 cm³/mol. The van der Waals surface area contributed by atoms with Gasteiger partial charge in [0.2, 0.25) is 5.95 Å². The second-order valence-electron chi connectivity index (χ2n) is 3.49. The first kappa shape index (κ1) is 11.8. The van der Waals surface area contributed by atoms with Crippen LogP contribution < -0.4 is 16.6 Å². The van der Waals surface area contributed by atoms with E-state index >= 15 is 0 Å². The number of hydrogen-bond donors (Lipinski definition) is 3. The zero-order valence-electron chi connectivity index (χ0n) is 9.24. The summed E-state index contributed by atoms with van der Waals surface area (Å²) < 4.78 is 1.03. The molecule has 0 aliphatic heterocycles. The standard InChI is InChI=1S/C11H12BrN5/c1-7-6-10(16-11(14-7)17-13)15-9-4-2-8(12)3-5-9/h2-6H,13H2,1H3,(H2,14,15,16,17). The lowest BCUT2D eigenvalue weighted by Crippen LogP contribution is -2.11. The summed E-state index contributed by atoms with van der Waals surface area (Å²) in [7, 11) is 0. The highest BCUT2D eigenvalue weighted by atomic mass is 79.9. The first-order chi connectivity index (χ1) is 8.17. The van der Waals surface area contributed by atoms with E-state index in [4.69, 9.17) is 5.84 Å². The number of nitrogens with one attached hydrogen (secondary N) is 2. The largest absolute Gasteiger partial charge is 0.340 e. The molecule has 0 unspecified atom stereocenters. The Hall–Kier alpha value is -1.66. The number of rotatable bonds is 3. The van der Waals surface area contributed by atoms with Crippen LogP contribution in [0.2, 0.25) is 0 Å². The number of nitrogen functional groups attached to an aromatic ring is 1. The van der Waals surface area contributed by atoms with Gasteiger partial charge in [-0.2, -0.15) is 4.98 Å². The van der Waals surface area contributed by atoms with Crippen LogP contribution in [-0.2, 0) is 0 Å². The number of hydrogen-bond acceptors (Lipinski definition) is 5. The van der Waals surface area contributed by atoms with Crippen molar-refractivity contribution in [2.24, 2.45) is 5.84 Å². The normalized spacial score (nSPS) is 10.1. The van der Waals surface area contributed by atoms with Gasteiger partial charge in [-0.05, 0) is 31.2 Å². The van der Waals surface area contributed by atoms with Crippen molar-refractivity contribution in [2.45, 2.75) is 6.92 Å². The summed E-state index contributed by atoms with van der Waals surface area (Å²) in [6.07, 6.45) is 0. The summed E-state index contributed by atoms with van der Waals surface area (Å²) in [4.78, 5) is 8.31. The van der Waals surface area contributed by atoms with Crippen LogP contribution >= 0.6 is 15.9 Å². The van der Waals surface area contributed by atoms with Gasteiger partial charge < -0.3 is 5.32 Å². The molecule has 0 saturated heterocycles. The Morgan fingerprint density at radius 1 is 1.18 bits per heavy atom. The summed E-state index contributed by atoms with van der Waals surface area (Å²) in [5.41, 5.74) is 4.23. The van der Waals surface area contributed by atoms with Crippen molar-refractivity contribution in [1.29, 1.82) is 0 Å². The van der Waals surface area contributed by atoms with Crippen LogP contribution in [0.5, 0.6) is 0 Å². The lowest BCUT2D eigenvalue weighted by atomic mass is 10.3. The van der Waals surface area contributed by atoms with E-state index in [2.05, 4.69) is 36.6 Å². The van der Waals surface area contributed by atoms with Gasteiger partial charge in [0.25, 0.3) is 0 Å². The van der Waals surface area contributed by atoms with Crippen molar-refractivity contribution < 1.29 is 0 Å². The second kappa shape index (κ2) is 5.11. The molecule has 0 amide bonds. The van der Waals surface area contributed by atoms with Crippen LogP contribution in [0.1, 0.15) is 5.69 Å². The fourth-order valence-electron chi connectivity index (χ4n) is 1.38. The molecule has 6 heteroatoms. The number of hydrazine groups is 1. The zero-order chi connectivity index (χ0) is 12.3. The molecule has 1 aromatic carbocycles. The minimum absolute atomic E-state index is 0.393. The molecule has 4 N–H and O–H groups in total. The molecule has 1 aromatic heterocycles. The molecule has 0 aliphatic carbocycles. The minimum atomic E-state index is 0.393. The summed E-state index contributed by atoms with van der Waals surface area (Å²) in [6.45, 7) is 1.88. The van der Waals surface area contributed by atoms with Crippen molar-refractivity contribution in [3.8, 4) is 0 Å². The zero-order valence-corrected chi connectivity index (χ0v) is 10.8. The molecule has 1 heterocycles. The topological polar surface area (TPSA) is 75.9 Å². The van der Waals surface area contributed by atoms with E-state index in [1.165, 1.54) is 0 Å². The number of anilines is 3. The van der Waals surface area contributed by atoms with Crippen LogP contribution in [0.3, 0.4) is 0 Å². The molecule has 0 aliphatic rings. The minimum Gasteiger partial charge on any atom is -0.340 e. The molecule has 0 atom stereocenters. The highest BCUT2D eigenvalue weighted by molar-refractivity contribution is 9.10. The van der Waals surface area contributed by atoms with Gasteiger partial charge in [-0.3, -0.25) is 5.43 Å². The smallest absolute Gasteiger partial charge is 0.239 e. The first-order valence-electron chi connectivity index (χ1n) is 5.02. The van der Waals surface area contributed by atoms with Crippen LogP contribution in [0.25, 0.3) is 0 Å². The maximum atomic E-state index is 5.29. The summed E-state index contributed by atoms with van der Waals surface area (Å²) in [6, 6.07) is 9.67. The van der Waals surface area contributed by atoms with Gasteiger partial charge in [-0.15, -0.1) is 0 Å². The summed E-state index contributed by atoms with van der Waals surface area (Å²) in [5.74, 6) is 6.39. The molecule has 2 aromatic rings. The van der Waals surface area contributed by atoms with Crippen molar-refractivity contribution in [3.05, 3.63) is 40.5 Å². The third-order valence-corrected chi connectivity index (χ3v) is 2.63.